The predicted octanol–water partition coefficient (Wildman–Crippen LogP) is 1.50. The molecule has 1 aliphatic carbocycles. The second-order valence-corrected chi connectivity index (χ2v) is 8.51. The third-order valence-corrected chi connectivity index (χ3v) is 5.84. The number of amides is 4. The SMILES string of the molecule is CC1CCC2(CC1)NC(=O)N(NC(=O)CN1C[C@H](C)C[C@H](C)C1)C2=O. The van der Waals surface area contributed by atoms with Crippen LogP contribution in [0, 0.1) is 17.8 Å². The molecule has 25 heavy (non-hydrogen) atoms. The summed E-state index contributed by atoms with van der Waals surface area (Å²) in [6.07, 6.45) is 4.29. The maximum atomic E-state index is 12.7. The number of hydrogen-bond acceptors (Lipinski definition) is 4. The highest BCUT2D eigenvalue weighted by molar-refractivity contribution is 6.08. The Morgan fingerprint density at radius 2 is 1.72 bits per heavy atom. The summed E-state index contributed by atoms with van der Waals surface area (Å²) < 4.78 is 0. The van der Waals surface area contributed by atoms with Crippen molar-refractivity contribution < 1.29 is 14.4 Å². The lowest BCUT2D eigenvalue weighted by molar-refractivity contribution is -0.140. The number of carbonyl (C=O) groups excluding carboxylic acids is 3. The Morgan fingerprint density at radius 3 is 2.32 bits per heavy atom. The van der Waals surface area contributed by atoms with E-state index in [1.165, 1.54) is 6.42 Å². The number of hydrazine groups is 1. The maximum Gasteiger partial charge on any atom is 0.344 e. The monoisotopic (exact) mass is 350 g/mol. The molecular formula is C18H30N4O3. The lowest BCUT2D eigenvalue weighted by Gasteiger charge is -2.35. The number of piperidine rings is 1. The minimum Gasteiger partial charge on any atom is -0.322 e. The Balaban J connectivity index is 1.58. The number of rotatable bonds is 3. The molecule has 3 fully saturated rings. The van der Waals surface area contributed by atoms with Gasteiger partial charge in [0.15, 0.2) is 0 Å². The van der Waals surface area contributed by atoms with Gasteiger partial charge in [-0.3, -0.25) is 19.9 Å². The van der Waals surface area contributed by atoms with Crippen molar-refractivity contribution >= 4 is 17.8 Å². The molecule has 0 bridgehead atoms. The lowest BCUT2D eigenvalue weighted by atomic mass is 9.77. The summed E-state index contributed by atoms with van der Waals surface area (Å²) in [5, 5.41) is 3.72. The van der Waals surface area contributed by atoms with Gasteiger partial charge in [0.1, 0.15) is 5.54 Å². The predicted molar refractivity (Wildman–Crippen MR) is 93.3 cm³/mol. The van der Waals surface area contributed by atoms with Crippen LogP contribution in [0.15, 0.2) is 0 Å². The van der Waals surface area contributed by atoms with E-state index in [1.54, 1.807) is 0 Å². The van der Waals surface area contributed by atoms with Gasteiger partial charge < -0.3 is 5.32 Å². The van der Waals surface area contributed by atoms with Crippen LogP contribution in [0.25, 0.3) is 0 Å². The molecule has 2 saturated heterocycles. The Hall–Kier alpha value is -1.63. The van der Waals surface area contributed by atoms with Gasteiger partial charge in [0.25, 0.3) is 11.8 Å². The van der Waals surface area contributed by atoms with Crippen LogP contribution in [0.4, 0.5) is 4.79 Å². The second kappa shape index (κ2) is 6.94. The number of urea groups is 1. The molecule has 2 aliphatic heterocycles. The summed E-state index contributed by atoms with van der Waals surface area (Å²) in [6, 6.07) is -0.506. The third-order valence-electron chi connectivity index (χ3n) is 5.84. The van der Waals surface area contributed by atoms with Crippen molar-refractivity contribution in [2.45, 2.75) is 58.4 Å². The standard InChI is InChI=1S/C18H30N4O3/c1-12-4-6-18(7-5-12)16(24)22(17(25)19-18)20-15(23)11-21-9-13(2)8-14(3)10-21/h12-14H,4-11H2,1-3H3,(H,19,25)(H,20,23)/t12?,13-,14+,18?. The average Bonchev–Trinajstić information content (AvgIpc) is 2.74. The molecule has 3 aliphatic rings. The topological polar surface area (TPSA) is 81.8 Å². The Labute approximate surface area is 149 Å². The minimum atomic E-state index is -0.814. The van der Waals surface area contributed by atoms with Crippen molar-refractivity contribution in [2.24, 2.45) is 17.8 Å². The maximum absolute atomic E-state index is 12.7. The van der Waals surface area contributed by atoms with Crippen molar-refractivity contribution in [3.63, 3.8) is 0 Å². The number of imide groups is 1. The fraction of sp³-hybridized carbons (Fsp3) is 0.833. The molecule has 1 spiro atoms. The van der Waals surface area contributed by atoms with Gasteiger partial charge in [-0.05, 0) is 49.9 Å². The summed E-state index contributed by atoms with van der Waals surface area (Å²) in [4.78, 5) is 39.5. The number of hydrogen-bond donors (Lipinski definition) is 2. The van der Waals surface area contributed by atoms with E-state index >= 15 is 0 Å². The van der Waals surface area contributed by atoms with Crippen LogP contribution in [0.3, 0.4) is 0 Å². The van der Waals surface area contributed by atoms with Crippen molar-refractivity contribution in [1.82, 2.24) is 20.7 Å². The van der Waals surface area contributed by atoms with E-state index in [1.807, 2.05) is 0 Å². The summed E-state index contributed by atoms with van der Waals surface area (Å²) in [6.45, 7) is 8.50. The Kier molecular flexibility index (Phi) is 5.04. The fourth-order valence-electron chi connectivity index (χ4n) is 4.60. The van der Waals surface area contributed by atoms with Crippen molar-refractivity contribution in [3.05, 3.63) is 0 Å². The smallest absolute Gasteiger partial charge is 0.322 e. The molecule has 0 aromatic rings. The van der Waals surface area contributed by atoms with E-state index in [9.17, 15) is 14.4 Å². The van der Waals surface area contributed by atoms with Gasteiger partial charge in [-0.25, -0.2) is 4.79 Å². The first kappa shape index (κ1) is 18.2. The quantitative estimate of drug-likeness (QED) is 0.756. The molecule has 2 atom stereocenters. The second-order valence-electron chi connectivity index (χ2n) is 8.51. The van der Waals surface area contributed by atoms with E-state index in [0.29, 0.717) is 30.6 Å². The highest BCUT2D eigenvalue weighted by Gasteiger charge is 2.52. The lowest BCUT2D eigenvalue weighted by Crippen LogP contribution is -2.53. The number of likely N-dealkylation sites (tertiary alicyclic amines) is 1. The first-order chi connectivity index (χ1) is 11.8. The summed E-state index contributed by atoms with van der Waals surface area (Å²) in [7, 11) is 0. The molecule has 0 unspecified atom stereocenters. The van der Waals surface area contributed by atoms with E-state index in [4.69, 9.17) is 0 Å². The normalized spacial score (nSPS) is 36.6. The molecule has 140 valence electrons. The third kappa shape index (κ3) is 3.81. The number of nitrogens with zero attached hydrogens (tertiary/aromatic N) is 2. The van der Waals surface area contributed by atoms with E-state index < -0.39 is 11.6 Å². The van der Waals surface area contributed by atoms with Gasteiger partial charge >= 0.3 is 6.03 Å². The van der Waals surface area contributed by atoms with Crippen LogP contribution < -0.4 is 10.7 Å². The van der Waals surface area contributed by atoms with Gasteiger partial charge in [-0.1, -0.05) is 20.8 Å². The molecule has 3 rings (SSSR count). The molecule has 7 nitrogen and oxygen atoms in total. The minimum absolute atomic E-state index is 0.218. The summed E-state index contributed by atoms with van der Waals surface area (Å²) in [5.74, 6) is 1.08. The highest BCUT2D eigenvalue weighted by atomic mass is 16.2. The molecule has 0 aromatic carbocycles. The molecular weight excluding hydrogens is 320 g/mol. The van der Waals surface area contributed by atoms with Crippen LogP contribution in [0.5, 0.6) is 0 Å². The molecule has 0 aromatic heterocycles. The van der Waals surface area contributed by atoms with Gasteiger partial charge in [0.2, 0.25) is 0 Å². The largest absolute Gasteiger partial charge is 0.344 e. The fourth-order valence-corrected chi connectivity index (χ4v) is 4.60. The van der Waals surface area contributed by atoms with Crippen molar-refractivity contribution in [2.75, 3.05) is 19.6 Å². The van der Waals surface area contributed by atoms with E-state index in [-0.39, 0.29) is 18.4 Å². The Morgan fingerprint density at radius 1 is 1.12 bits per heavy atom. The molecule has 2 N–H and O–H groups in total. The van der Waals surface area contributed by atoms with E-state index in [0.717, 1.165) is 30.9 Å². The van der Waals surface area contributed by atoms with Gasteiger partial charge in [0, 0.05) is 13.1 Å². The van der Waals surface area contributed by atoms with Crippen LogP contribution >= 0.6 is 0 Å². The molecule has 1 saturated carbocycles. The molecule has 0 radical (unpaired) electrons. The zero-order valence-corrected chi connectivity index (χ0v) is 15.5. The molecule has 2 heterocycles. The van der Waals surface area contributed by atoms with E-state index in [2.05, 4.69) is 36.4 Å². The molecule has 7 heteroatoms. The summed E-state index contributed by atoms with van der Waals surface area (Å²) >= 11 is 0. The average molecular weight is 350 g/mol. The zero-order chi connectivity index (χ0) is 18.2. The van der Waals surface area contributed by atoms with Gasteiger partial charge in [0.05, 0.1) is 6.54 Å². The van der Waals surface area contributed by atoms with Gasteiger partial charge in [-0.2, -0.15) is 5.01 Å². The van der Waals surface area contributed by atoms with Crippen molar-refractivity contribution in [3.8, 4) is 0 Å². The van der Waals surface area contributed by atoms with Crippen LogP contribution in [0.1, 0.15) is 52.9 Å². The summed E-state index contributed by atoms with van der Waals surface area (Å²) in [5.41, 5.74) is 1.71. The van der Waals surface area contributed by atoms with Crippen LogP contribution in [-0.2, 0) is 9.59 Å². The molecule has 4 amide bonds. The van der Waals surface area contributed by atoms with Crippen LogP contribution in [-0.4, -0.2) is 52.9 Å². The Bertz CT molecular complexity index is 547. The van der Waals surface area contributed by atoms with Crippen LogP contribution in [0.2, 0.25) is 0 Å². The highest BCUT2D eigenvalue weighted by Crippen LogP contribution is 2.35. The number of carbonyl (C=O) groups is 3. The first-order valence-corrected chi connectivity index (χ1v) is 9.47. The number of nitrogens with one attached hydrogen (secondary N) is 2. The van der Waals surface area contributed by atoms with Crippen molar-refractivity contribution in [1.29, 1.82) is 0 Å². The first-order valence-electron chi connectivity index (χ1n) is 9.47. The van der Waals surface area contributed by atoms with Gasteiger partial charge in [-0.15, -0.1) is 0 Å². The zero-order valence-electron chi connectivity index (χ0n) is 15.5.